The number of rotatable bonds is 5. The summed E-state index contributed by atoms with van der Waals surface area (Å²) in [4.78, 5) is 14.6. The molecule has 1 aliphatic carbocycles. The van der Waals surface area contributed by atoms with Crippen LogP contribution < -0.4 is 14.8 Å². The molecule has 2 aromatic rings. The summed E-state index contributed by atoms with van der Waals surface area (Å²) in [6.45, 7) is 2.11. The van der Waals surface area contributed by atoms with Gasteiger partial charge in [-0.15, -0.1) is 0 Å². The molecule has 27 heavy (non-hydrogen) atoms. The van der Waals surface area contributed by atoms with Gasteiger partial charge in [0.2, 0.25) is 0 Å². The van der Waals surface area contributed by atoms with Crippen molar-refractivity contribution in [1.29, 1.82) is 0 Å². The van der Waals surface area contributed by atoms with Crippen LogP contribution in [0.25, 0.3) is 0 Å². The van der Waals surface area contributed by atoms with E-state index in [9.17, 15) is 4.79 Å². The molecule has 0 radical (unpaired) electrons. The van der Waals surface area contributed by atoms with Gasteiger partial charge < -0.3 is 19.7 Å². The van der Waals surface area contributed by atoms with Crippen molar-refractivity contribution in [1.82, 2.24) is 10.2 Å². The summed E-state index contributed by atoms with van der Waals surface area (Å²) >= 11 is 0. The number of carbonyl (C=O) groups is 1. The molecule has 0 unspecified atom stereocenters. The zero-order chi connectivity index (χ0) is 18.9. The first kappa shape index (κ1) is 17.7. The Hall–Kier alpha value is -2.69. The van der Waals surface area contributed by atoms with Crippen LogP contribution in [-0.4, -0.2) is 38.2 Å². The van der Waals surface area contributed by atoms with Crippen molar-refractivity contribution in [2.45, 2.75) is 31.2 Å². The molecule has 1 N–H and O–H groups in total. The van der Waals surface area contributed by atoms with E-state index in [1.807, 2.05) is 23.1 Å². The minimum atomic E-state index is 0.0168. The Morgan fingerprint density at radius 1 is 1.07 bits per heavy atom. The predicted octanol–water partition coefficient (Wildman–Crippen LogP) is 3.50. The number of urea groups is 1. The molecular formula is C22H26N2O3. The van der Waals surface area contributed by atoms with Crippen LogP contribution in [0.4, 0.5) is 4.79 Å². The van der Waals surface area contributed by atoms with Crippen LogP contribution in [0.15, 0.2) is 42.5 Å². The van der Waals surface area contributed by atoms with E-state index in [-0.39, 0.29) is 11.4 Å². The summed E-state index contributed by atoms with van der Waals surface area (Å²) in [6, 6.07) is 14.5. The molecule has 1 saturated carbocycles. The first-order chi connectivity index (χ1) is 13.1. The number of ether oxygens (including phenoxy) is 2. The summed E-state index contributed by atoms with van der Waals surface area (Å²) in [5.74, 6) is 1.47. The molecule has 1 aliphatic heterocycles. The van der Waals surface area contributed by atoms with Gasteiger partial charge in [-0.05, 0) is 48.1 Å². The molecule has 2 aliphatic rings. The predicted molar refractivity (Wildman–Crippen MR) is 104 cm³/mol. The monoisotopic (exact) mass is 366 g/mol. The fourth-order valence-electron chi connectivity index (χ4n) is 3.91. The van der Waals surface area contributed by atoms with Crippen LogP contribution in [0.3, 0.4) is 0 Å². The Bertz CT molecular complexity index is 845. The van der Waals surface area contributed by atoms with E-state index in [0.717, 1.165) is 37.3 Å². The van der Waals surface area contributed by atoms with Crippen molar-refractivity contribution >= 4 is 6.03 Å². The highest BCUT2D eigenvalue weighted by atomic mass is 16.5. The first-order valence-corrected chi connectivity index (χ1v) is 9.47. The number of nitrogens with zero attached hydrogens (tertiary/aromatic N) is 1. The second-order valence-electron chi connectivity index (χ2n) is 7.45. The molecular weight excluding hydrogens is 340 g/mol. The Labute approximate surface area is 160 Å². The minimum absolute atomic E-state index is 0.0168. The second-order valence-corrected chi connectivity index (χ2v) is 7.45. The third kappa shape index (κ3) is 3.46. The van der Waals surface area contributed by atoms with Crippen LogP contribution >= 0.6 is 0 Å². The summed E-state index contributed by atoms with van der Waals surface area (Å²) in [5, 5.41) is 3.17. The summed E-state index contributed by atoms with van der Waals surface area (Å²) < 4.78 is 10.8. The first-order valence-electron chi connectivity index (χ1n) is 9.47. The highest BCUT2D eigenvalue weighted by molar-refractivity contribution is 5.75. The van der Waals surface area contributed by atoms with Gasteiger partial charge >= 0.3 is 6.03 Å². The van der Waals surface area contributed by atoms with Crippen LogP contribution in [0, 0.1) is 0 Å². The van der Waals surface area contributed by atoms with Crippen LogP contribution in [0.5, 0.6) is 11.5 Å². The van der Waals surface area contributed by atoms with E-state index in [1.54, 1.807) is 14.2 Å². The number of amides is 2. The van der Waals surface area contributed by atoms with Gasteiger partial charge in [-0.25, -0.2) is 4.79 Å². The maximum absolute atomic E-state index is 12.7. The largest absolute Gasteiger partial charge is 0.493 e. The molecule has 2 amide bonds. The van der Waals surface area contributed by atoms with Gasteiger partial charge in [0, 0.05) is 25.0 Å². The smallest absolute Gasteiger partial charge is 0.317 e. The highest BCUT2D eigenvalue weighted by Crippen LogP contribution is 2.49. The van der Waals surface area contributed by atoms with E-state index >= 15 is 0 Å². The van der Waals surface area contributed by atoms with Gasteiger partial charge in [-0.2, -0.15) is 0 Å². The SMILES string of the molecule is COc1ccc(C2(CNC(=O)N3CCc4ccccc4C3)CC2)cc1OC. The number of fused-ring (bicyclic) bond motifs is 1. The van der Waals surface area contributed by atoms with Gasteiger partial charge in [0.05, 0.1) is 14.2 Å². The average molecular weight is 366 g/mol. The maximum Gasteiger partial charge on any atom is 0.317 e. The zero-order valence-electron chi connectivity index (χ0n) is 16.0. The molecule has 0 atom stereocenters. The fourth-order valence-corrected chi connectivity index (χ4v) is 3.91. The summed E-state index contributed by atoms with van der Waals surface area (Å²) in [5.41, 5.74) is 3.82. The van der Waals surface area contributed by atoms with E-state index in [1.165, 1.54) is 16.7 Å². The molecule has 0 saturated heterocycles. The van der Waals surface area contributed by atoms with Crippen molar-refractivity contribution < 1.29 is 14.3 Å². The van der Waals surface area contributed by atoms with E-state index in [2.05, 4.69) is 29.6 Å². The molecule has 0 bridgehead atoms. The maximum atomic E-state index is 12.7. The lowest BCUT2D eigenvalue weighted by molar-refractivity contribution is 0.191. The number of methoxy groups -OCH3 is 2. The Morgan fingerprint density at radius 2 is 1.81 bits per heavy atom. The second kappa shape index (κ2) is 7.14. The van der Waals surface area contributed by atoms with Gasteiger partial charge in [0.1, 0.15) is 0 Å². The lowest BCUT2D eigenvalue weighted by Gasteiger charge is -2.30. The number of carbonyl (C=O) groups excluding carboxylic acids is 1. The number of benzene rings is 2. The molecule has 5 nitrogen and oxygen atoms in total. The fraction of sp³-hybridized carbons (Fsp3) is 0.409. The van der Waals surface area contributed by atoms with Crippen molar-refractivity contribution in [3.8, 4) is 11.5 Å². The molecule has 0 spiro atoms. The topological polar surface area (TPSA) is 50.8 Å². The van der Waals surface area contributed by atoms with E-state index in [4.69, 9.17) is 9.47 Å². The van der Waals surface area contributed by atoms with Crippen LogP contribution in [-0.2, 0) is 18.4 Å². The number of hydrogen-bond acceptors (Lipinski definition) is 3. The Morgan fingerprint density at radius 3 is 2.52 bits per heavy atom. The standard InChI is InChI=1S/C22H26N2O3/c1-26-19-8-7-18(13-20(19)27-2)22(10-11-22)15-23-21(25)24-12-9-16-5-3-4-6-17(16)14-24/h3-8,13H,9-12,14-15H2,1-2H3,(H,23,25). The normalized spacial score (nSPS) is 17.0. The van der Waals surface area contributed by atoms with Crippen LogP contribution in [0.2, 0.25) is 0 Å². The van der Waals surface area contributed by atoms with Crippen LogP contribution in [0.1, 0.15) is 29.5 Å². The van der Waals surface area contributed by atoms with Gasteiger partial charge in [0.15, 0.2) is 11.5 Å². The lowest BCUT2D eigenvalue weighted by atomic mass is 9.95. The zero-order valence-corrected chi connectivity index (χ0v) is 16.0. The van der Waals surface area contributed by atoms with Crippen molar-refractivity contribution in [2.75, 3.05) is 27.3 Å². The summed E-state index contributed by atoms with van der Waals surface area (Å²) in [7, 11) is 3.29. The summed E-state index contributed by atoms with van der Waals surface area (Å²) in [6.07, 6.45) is 3.07. The number of nitrogens with one attached hydrogen (secondary N) is 1. The molecule has 5 heteroatoms. The van der Waals surface area contributed by atoms with Crippen molar-refractivity contribution in [3.05, 3.63) is 59.2 Å². The van der Waals surface area contributed by atoms with Crippen molar-refractivity contribution in [3.63, 3.8) is 0 Å². The van der Waals surface area contributed by atoms with E-state index < -0.39 is 0 Å². The van der Waals surface area contributed by atoms with Gasteiger partial charge in [-0.3, -0.25) is 0 Å². The Balaban J connectivity index is 1.41. The Kier molecular flexibility index (Phi) is 4.68. The average Bonchev–Trinajstić information content (AvgIpc) is 3.52. The molecule has 2 aromatic carbocycles. The minimum Gasteiger partial charge on any atom is -0.493 e. The molecule has 1 fully saturated rings. The van der Waals surface area contributed by atoms with Gasteiger partial charge in [-0.1, -0.05) is 30.3 Å². The van der Waals surface area contributed by atoms with Gasteiger partial charge in [0.25, 0.3) is 0 Å². The third-order valence-corrected chi connectivity index (χ3v) is 5.85. The molecule has 4 rings (SSSR count). The highest BCUT2D eigenvalue weighted by Gasteiger charge is 2.45. The molecule has 0 aromatic heterocycles. The lowest BCUT2D eigenvalue weighted by Crippen LogP contribution is -2.45. The van der Waals surface area contributed by atoms with Crippen molar-refractivity contribution in [2.24, 2.45) is 0 Å². The quantitative estimate of drug-likeness (QED) is 0.881. The molecule has 1 heterocycles. The number of hydrogen-bond donors (Lipinski definition) is 1. The molecule has 142 valence electrons. The third-order valence-electron chi connectivity index (χ3n) is 5.85. The van der Waals surface area contributed by atoms with E-state index in [0.29, 0.717) is 13.1 Å².